The normalized spacial score (nSPS) is 17.4. The van der Waals surface area contributed by atoms with Crippen LogP contribution in [0.3, 0.4) is 0 Å². The second-order valence-corrected chi connectivity index (χ2v) is 8.34. The zero-order chi connectivity index (χ0) is 21.2. The molecule has 2 aromatic carbocycles. The molecule has 30 heavy (non-hydrogen) atoms. The molecule has 1 saturated heterocycles. The first-order valence-corrected chi connectivity index (χ1v) is 11.1. The molecule has 5 nitrogen and oxygen atoms in total. The Morgan fingerprint density at radius 2 is 1.87 bits per heavy atom. The van der Waals surface area contributed by atoms with Crippen LogP contribution in [0.25, 0.3) is 0 Å². The van der Waals surface area contributed by atoms with Gasteiger partial charge in [-0.15, -0.1) is 0 Å². The monoisotopic (exact) mass is 428 g/mol. The van der Waals surface area contributed by atoms with Gasteiger partial charge in [0.05, 0.1) is 0 Å². The van der Waals surface area contributed by atoms with Crippen LogP contribution in [0.1, 0.15) is 36.9 Å². The Morgan fingerprint density at radius 3 is 2.57 bits per heavy atom. The van der Waals surface area contributed by atoms with Gasteiger partial charge in [0, 0.05) is 50.0 Å². The summed E-state index contributed by atoms with van der Waals surface area (Å²) >= 11 is 6.08. The van der Waals surface area contributed by atoms with Crippen LogP contribution >= 0.6 is 11.6 Å². The highest BCUT2D eigenvalue weighted by atomic mass is 35.5. The minimum atomic E-state index is -0.0297. The summed E-state index contributed by atoms with van der Waals surface area (Å²) in [6, 6.07) is 18.8. The third-order valence-corrected chi connectivity index (χ3v) is 5.92. The molecule has 0 aromatic heterocycles. The second-order valence-electron chi connectivity index (χ2n) is 7.90. The number of aliphatic imine (C=N–C) groups is 1. The number of halogens is 1. The van der Waals surface area contributed by atoms with E-state index in [1.165, 1.54) is 11.1 Å². The molecule has 6 heteroatoms. The van der Waals surface area contributed by atoms with Crippen molar-refractivity contribution in [2.45, 2.75) is 37.8 Å². The van der Waals surface area contributed by atoms with E-state index in [1.807, 2.05) is 25.2 Å². The maximum atomic E-state index is 6.08. The molecule has 0 saturated carbocycles. The zero-order valence-corrected chi connectivity index (χ0v) is 18.7. The van der Waals surface area contributed by atoms with Crippen LogP contribution in [0, 0.1) is 0 Å². The van der Waals surface area contributed by atoms with Crippen molar-refractivity contribution in [3.63, 3.8) is 0 Å². The van der Waals surface area contributed by atoms with E-state index in [1.54, 1.807) is 0 Å². The molecule has 1 aliphatic rings. The Balaban J connectivity index is 1.54. The fourth-order valence-electron chi connectivity index (χ4n) is 3.91. The predicted octanol–water partition coefficient (Wildman–Crippen LogP) is 3.95. The number of nitrogens with one attached hydrogen (secondary N) is 3. The SMILES string of the molecule is CN=C(NCCc1cccc(Cl)c1)NCC1(NC(C)c2ccccc2)CCOCC1. The third-order valence-electron chi connectivity index (χ3n) is 5.69. The van der Waals surface area contributed by atoms with Crippen molar-refractivity contribution in [1.29, 1.82) is 0 Å². The molecule has 0 radical (unpaired) electrons. The van der Waals surface area contributed by atoms with Crippen LogP contribution in [-0.4, -0.2) is 44.8 Å². The molecule has 1 unspecified atom stereocenters. The van der Waals surface area contributed by atoms with Gasteiger partial charge >= 0.3 is 0 Å². The van der Waals surface area contributed by atoms with Crippen LogP contribution < -0.4 is 16.0 Å². The molecule has 1 aliphatic heterocycles. The second kappa shape index (κ2) is 11.3. The van der Waals surface area contributed by atoms with E-state index in [0.29, 0.717) is 0 Å². The predicted molar refractivity (Wildman–Crippen MR) is 125 cm³/mol. The molecular weight excluding hydrogens is 396 g/mol. The number of hydrogen-bond donors (Lipinski definition) is 3. The summed E-state index contributed by atoms with van der Waals surface area (Å²) in [5.74, 6) is 0.817. The van der Waals surface area contributed by atoms with E-state index in [0.717, 1.165) is 56.5 Å². The number of rotatable bonds is 8. The van der Waals surface area contributed by atoms with Gasteiger partial charge in [-0.05, 0) is 49.4 Å². The summed E-state index contributed by atoms with van der Waals surface area (Å²) < 4.78 is 5.64. The van der Waals surface area contributed by atoms with E-state index < -0.39 is 0 Å². The molecule has 2 aromatic rings. The number of nitrogens with zero attached hydrogens (tertiary/aromatic N) is 1. The Labute approximate surface area is 185 Å². The molecular formula is C24H33ClN4O. The summed E-state index contributed by atoms with van der Waals surface area (Å²) in [5.41, 5.74) is 2.48. The van der Waals surface area contributed by atoms with Crippen LogP contribution in [0.2, 0.25) is 5.02 Å². The maximum Gasteiger partial charge on any atom is 0.191 e. The average molecular weight is 429 g/mol. The Kier molecular flexibility index (Phi) is 8.55. The molecule has 0 spiro atoms. The average Bonchev–Trinajstić information content (AvgIpc) is 2.77. The first-order valence-electron chi connectivity index (χ1n) is 10.7. The highest BCUT2D eigenvalue weighted by molar-refractivity contribution is 6.30. The quantitative estimate of drug-likeness (QED) is 0.440. The van der Waals surface area contributed by atoms with Crippen LogP contribution in [0.5, 0.6) is 0 Å². The van der Waals surface area contributed by atoms with E-state index in [-0.39, 0.29) is 11.6 Å². The number of hydrogen-bond acceptors (Lipinski definition) is 3. The van der Waals surface area contributed by atoms with Crippen molar-refractivity contribution in [2.75, 3.05) is 33.4 Å². The summed E-state index contributed by atoms with van der Waals surface area (Å²) in [6.45, 7) is 5.37. The van der Waals surface area contributed by atoms with Crippen LogP contribution in [0.4, 0.5) is 0 Å². The zero-order valence-electron chi connectivity index (χ0n) is 18.0. The van der Waals surface area contributed by atoms with Gasteiger partial charge in [0.1, 0.15) is 0 Å². The van der Waals surface area contributed by atoms with Crippen molar-refractivity contribution in [1.82, 2.24) is 16.0 Å². The molecule has 0 aliphatic carbocycles. The number of guanidine groups is 1. The number of ether oxygens (including phenoxy) is 1. The summed E-state index contributed by atoms with van der Waals surface area (Å²) in [5, 5.41) is 11.6. The fraction of sp³-hybridized carbons (Fsp3) is 0.458. The lowest BCUT2D eigenvalue weighted by Crippen LogP contribution is -2.58. The first-order chi connectivity index (χ1) is 14.6. The Bertz CT molecular complexity index is 806. The lowest BCUT2D eigenvalue weighted by atomic mass is 9.88. The topological polar surface area (TPSA) is 57.7 Å². The van der Waals surface area contributed by atoms with Crippen LogP contribution in [-0.2, 0) is 11.2 Å². The maximum absolute atomic E-state index is 6.08. The molecule has 1 fully saturated rings. The molecule has 1 heterocycles. The molecule has 0 bridgehead atoms. The summed E-state index contributed by atoms with van der Waals surface area (Å²) in [6.07, 6.45) is 2.83. The Hall–Kier alpha value is -2.08. The standard InChI is InChI=1S/C24H33ClN4O/c1-19(21-8-4-3-5-9-21)29-24(12-15-30-16-13-24)18-28-23(26-2)27-14-11-20-7-6-10-22(25)17-20/h3-10,17,19,29H,11-16,18H2,1-2H3,(H2,26,27,28). The van der Waals surface area contributed by atoms with Crippen molar-refractivity contribution in [3.05, 3.63) is 70.7 Å². The van der Waals surface area contributed by atoms with E-state index >= 15 is 0 Å². The van der Waals surface area contributed by atoms with Gasteiger partial charge in [-0.2, -0.15) is 0 Å². The van der Waals surface area contributed by atoms with Crippen LogP contribution in [0.15, 0.2) is 59.6 Å². The van der Waals surface area contributed by atoms with Crippen molar-refractivity contribution in [2.24, 2.45) is 4.99 Å². The number of benzene rings is 2. The highest BCUT2D eigenvalue weighted by Crippen LogP contribution is 2.25. The smallest absolute Gasteiger partial charge is 0.191 e. The largest absolute Gasteiger partial charge is 0.381 e. The highest BCUT2D eigenvalue weighted by Gasteiger charge is 2.34. The molecule has 162 valence electrons. The van der Waals surface area contributed by atoms with Gasteiger partial charge in [0.15, 0.2) is 5.96 Å². The lowest BCUT2D eigenvalue weighted by Gasteiger charge is -2.41. The molecule has 3 rings (SSSR count). The van der Waals surface area contributed by atoms with Gasteiger partial charge in [0.25, 0.3) is 0 Å². The van der Waals surface area contributed by atoms with Gasteiger partial charge in [-0.25, -0.2) is 0 Å². The van der Waals surface area contributed by atoms with E-state index in [9.17, 15) is 0 Å². The molecule has 1 atom stereocenters. The van der Waals surface area contributed by atoms with Gasteiger partial charge in [-0.3, -0.25) is 4.99 Å². The lowest BCUT2D eigenvalue weighted by molar-refractivity contribution is 0.0355. The minimum absolute atomic E-state index is 0.0297. The van der Waals surface area contributed by atoms with Gasteiger partial charge < -0.3 is 20.7 Å². The van der Waals surface area contributed by atoms with E-state index in [2.05, 4.69) is 64.3 Å². The van der Waals surface area contributed by atoms with Crippen molar-refractivity contribution >= 4 is 17.6 Å². The van der Waals surface area contributed by atoms with Crippen molar-refractivity contribution < 1.29 is 4.74 Å². The molecule has 3 N–H and O–H groups in total. The fourth-order valence-corrected chi connectivity index (χ4v) is 4.12. The summed E-state index contributed by atoms with van der Waals surface area (Å²) in [4.78, 5) is 4.40. The first kappa shape index (κ1) is 22.6. The van der Waals surface area contributed by atoms with E-state index in [4.69, 9.17) is 16.3 Å². The Morgan fingerprint density at radius 1 is 1.10 bits per heavy atom. The molecule has 0 amide bonds. The van der Waals surface area contributed by atoms with Gasteiger partial charge in [0.2, 0.25) is 0 Å². The minimum Gasteiger partial charge on any atom is -0.381 e. The third kappa shape index (κ3) is 6.73. The summed E-state index contributed by atoms with van der Waals surface area (Å²) in [7, 11) is 1.81. The van der Waals surface area contributed by atoms with Gasteiger partial charge in [-0.1, -0.05) is 54.1 Å². The van der Waals surface area contributed by atoms with Crippen molar-refractivity contribution in [3.8, 4) is 0 Å².